The number of carbonyl (C=O) groups is 2. The smallest absolute Gasteiger partial charge is 0.347 e. The molecule has 0 aromatic rings. The largest absolute Gasteiger partial charge is 0.453 e. The Kier molecular flexibility index (Phi) is 4.23. The number of hydrogen-bond donors (Lipinski definition) is 1. The minimum absolute atomic E-state index is 0.934. The fourth-order valence-corrected chi connectivity index (χ4v) is 1.56. The molecule has 1 saturated heterocycles. The zero-order valence-corrected chi connectivity index (χ0v) is 10.1. The molecule has 0 radical (unpaired) electrons. The maximum Gasteiger partial charge on any atom is 0.347 e. The van der Waals surface area contributed by atoms with Crippen molar-refractivity contribution in [3.05, 3.63) is 0 Å². The molecule has 0 aliphatic carbocycles. The second kappa shape index (κ2) is 5.15. The molecule has 0 bridgehead atoms. The Labute approximate surface area is 102 Å². The van der Waals surface area contributed by atoms with Crippen LogP contribution in [0.5, 0.6) is 0 Å². The van der Waals surface area contributed by atoms with Crippen molar-refractivity contribution < 1.29 is 37.7 Å². The topological polar surface area (TPSA) is 82.1 Å². The molecule has 4 atom stereocenters. The molecule has 1 rings (SSSR count). The van der Waals surface area contributed by atoms with Crippen molar-refractivity contribution in [2.75, 3.05) is 0 Å². The zero-order valence-electron chi connectivity index (χ0n) is 10.1. The number of ether oxygens (including phenoxy) is 3. The average Bonchev–Trinajstić information content (AvgIpc) is 2.21. The third-order valence-corrected chi connectivity index (χ3v) is 2.39. The second-order valence-electron chi connectivity index (χ2n) is 3.98. The van der Waals surface area contributed by atoms with Crippen molar-refractivity contribution in [2.45, 2.75) is 51.3 Å². The van der Waals surface area contributed by atoms with E-state index in [-0.39, 0.29) is 0 Å². The minimum atomic E-state index is -3.83. The molecule has 6 nitrogen and oxygen atoms in total. The Morgan fingerprint density at radius 3 is 2.17 bits per heavy atom. The van der Waals surface area contributed by atoms with Crippen LogP contribution in [0.3, 0.4) is 0 Å². The summed E-state index contributed by atoms with van der Waals surface area (Å²) in [5.41, 5.74) is 0. The van der Waals surface area contributed by atoms with E-state index in [1.807, 2.05) is 0 Å². The van der Waals surface area contributed by atoms with Gasteiger partial charge in [0.15, 0.2) is 6.10 Å². The summed E-state index contributed by atoms with van der Waals surface area (Å²) in [6, 6.07) is 0. The number of carbonyl (C=O) groups excluding carboxylic acids is 2. The van der Waals surface area contributed by atoms with Gasteiger partial charge in [-0.25, -0.2) is 0 Å². The first-order valence-electron chi connectivity index (χ1n) is 5.22. The lowest BCUT2D eigenvalue weighted by Gasteiger charge is -2.41. The first-order chi connectivity index (χ1) is 8.16. The predicted molar refractivity (Wildman–Crippen MR) is 52.6 cm³/mol. The number of esters is 2. The van der Waals surface area contributed by atoms with Gasteiger partial charge in [-0.05, 0) is 6.92 Å². The average molecular weight is 268 g/mol. The minimum Gasteiger partial charge on any atom is -0.453 e. The van der Waals surface area contributed by atoms with Gasteiger partial charge in [0.1, 0.15) is 6.10 Å². The molecule has 8 heteroatoms. The summed E-state index contributed by atoms with van der Waals surface area (Å²) in [6.07, 6.45) is -7.10. The SMILES string of the molecule is CC(=O)OC1O[C@@H](C)[C@@H](O)[C@@H](OC(C)=O)C1(F)F. The van der Waals surface area contributed by atoms with E-state index in [9.17, 15) is 23.5 Å². The van der Waals surface area contributed by atoms with Crippen LogP contribution in [0.4, 0.5) is 8.78 Å². The second-order valence-corrected chi connectivity index (χ2v) is 3.98. The standard InChI is InChI=1S/C10H14F2O6/c1-4-7(15)8(17-5(2)13)10(11,12)9(16-4)18-6(3)14/h4,7-9,15H,1-3H3/t4-,7+,8+,9?/m0/s1. The van der Waals surface area contributed by atoms with Crippen molar-refractivity contribution in [1.29, 1.82) is 0 Å². The number of alkyl halides is 2. The highest BCUT2D eigenvalue weighted by molar-refractivity contribution is 5.67. The lowest BCUT2D eigenvalue weighted by atomic mass is 9.98. The van der Waals surface area contributed by atoms with Crippen LogP contribution in [-0.4, -0.2) is 47.6 Å². The Hall–Kier alpha value is -1.28. The number of aliphatic hydroxyl groups excluding tert-OH is 1. The first kappa shape index (κ1) is 14.8. The number of rotatable bonds is 2. The molecule has 1 heterocycles. The quantitative estimate of drug-likeness (QED) is 0.721. The predicted octanol–water partition coefficient (Wildman–Crippen LogP) is 0.222. The number of hydrogen-bond acceptors (Lipinski definition) is 6. The highest BCUT2D eigenvalue weighted by Gasteiger charge is 2.61. The monoisotopic (exact) mass is 268 g/mol. The summed E-state index contributed by atoms with van der Waals surface area (Å²) in [4.78, 5) is 21.5. The van der Waals surface area contributed by atoms with Gasteiger partial charge in [-0.15, -0.1) is 0 Å². The van der Waals surface area contributed by atoms with Crippen LogP contribution in [0.1, 0.15) is 20.8 Å². The molecule has 104 valence electrons. The fourth-order valence-electron chi connectivity index (χ4n) is 1.56. The molecule has 1 aliphatic rings. The Morgan fingerprint density at radius 1 is 1.22 bits per heavy atom. The van der Waals surface area contributed by atoms with E-state index < -0.39 is 42.5 Å². The van der Waals surface area contributed by atoms with Crippen LogP contribution in [0.15, 0.2) is 0 Å². The van der Waals surface area contributed by atoms with E-state index >= 15 is 0 Å². The molecular formula is C10H14F2O6. The third kappa shape index (κ3) is 2.94. The molecule has 0 aromatic heterocycles. The summed E-state index contributed by atoms with van der Waals surface area (Å²) in [6.45, 7) is 3.17. The molecule has 0 aromatic carbocycles. The van der Waals surface area contributed by atoms with Crippen LogP contribution in [0.25, 0.3) is 0 Å². The van der Waals surface area contributed by atoms with E-state index in [1.54, 1.807) is 0 Å². The molecule has 18 heavy (non-hydrogen) atoms. The van der Waals surface area contributed by atoms with Gasteiger partial charge < -0.3 is 19.3 Å². The maximum atomic E-state index is 13.8. The number of halogens is 2. The van der Waals surface area contributed by atoms with E-state index in [0.717, 1.165) is 13.8 Å². The van der Waals surface area contributed by atoms with Gasteiger partial charge in [0.2, 0.25) is 0 Å². The lowest BCUT2D eigenvalue weighted by Crippen LogP contribution is -2.63. The summed E-state index contributed by atoms with van der Waals surface area (Å²) < 4.78 is 41.1. The molecule has 0 saturated carbocycles. The normalized spacial score (nSPS) is 34.8. The van der Waals surface area contributed by atoms with Crippen molar-refractivity contribution in [2.24, 2.45) is 0 Å². The van der Waals surface area contributed by atoms with Crippen molar-refractivity contribution in [1.82, 2.24) is 0 Å². The molecule has 1 N–H and O–H groups in total. The van der Waals surface area contributed by atoms with Crippen molar-refractivity contribution >= 4 is 11.9 Å². The summed E-state index contributed by atoms with van der Waals surface area (Å²) in [5.74, 6) is -5.78. The summed E-state index contributed by atoms with van der Waals surface area (Å²) >= 11 is 0. The van der Waals surface area contributed by atoms with Gasteiger partial charge in [-0.1, -0.05) is 0 Å². The van der Waals surface area contributed by atoms with Gasteiger partial charge >= 0.3 is 17.9 Å². The van der Waals surface area contributed by atoms with Crippen molar-refractivity contribution in [3.8, 4) is 0 Å². The summed E-state index contributed by atoms with van der Waals surface area (Å²) in [7, 11) is 0. The Balaban J connectivity index is 2.97. The van der Waals surface area contributed by atoms with Crippen LogP contribution in [0.2, 0.25) is 0 Å². The van der Waals surface area contributed by atoms with Gasteiger partial charge in [0.25, 0.3) is 6.29 Å². The number of aliphatic hydroxyl groups is 1. The summed E-state index contributed by atoms with van der Waals surface area (Å²) in [5, 5.41) is 9.55. The molecular weight excluding hydrogens is 254 g/mol. The van der Waals surface area contributed by atoms with Crippen molar-refractivity contribution in [3.63, 3.8) is 0 Å². The van der Waals surface area contributed by atoms with Gasteiger partial charge in [0, 0.05) is 13.8 Å². The highest BCUT2D eigenvalue weighted by atomic mass is 19.3. The van der Waals surface area contributed by atoms with E-state index in [0.29, 0.717) is 0 Å². The third-order valence-electron chi connectivity index (χ3n) is 2.39. The molecule has 0 spiro atoms. The maximum absolute atomic E-state index is 13.8. The molecule has 1 aliphatic heterocycles. The van der Waals surface area contributed by atoms with Crippen LogP contribution < -0.4 is 0 Å². The lowest BCUT2D eigenvalue weighted by molar-refractivity contribution is -0.343. The van der Waals surface area contributed by atoms with Crippen LogP contribution >= 0.6 is 0 Å². The van der Waals surface area contributed by atoms with Crippen LogP contribution in [0, 0.1) is 0 Å². The molecule has 1 fully saturated rings. The highest BCUT2D eigenvalue weighted by Crippen LogP contribution is 2.37. The Morgan fingerprint density at radius 2 is 1.72 bits per heavy atom. The Bertz CT molecular complexity index is 345. The van der Waals surface area contributed by atoms with E-state index in [2.05, 4.69) is 9.47 Å². The molecule has 1 unspecified atom stereocenters. The van der Waals surface area contributed by atoms with Gasteiger partial charge in [-0.3, -0.25) is 9.59 Å². The molecule has 0 amide bonds. The van der Waals surface area contributed by atoms with E-state index in [4.69, 9.17) is 4.74 Å². The zero-order chi connectivity index (χ0) is 14.1. The van der Waals surface area contributed by atoms with Gasteiger partial charge in [-0.2, -0.15) is 8.78 Å². The van der Waals surface area contributed by atoms with Gasteiger partial charge in [0.05, 0.1) is 6.10 Å². The van der Waals surface area contributed by atoms with Crippen LogP contribution in [-0.2, 0) is 23.8 Å². The van der Waals surface area contributed by atoms with E-state index in [1.165, 1.54) is 6.92 Å². The fraction of sp³-hybridized carbons (Fsp3) is 0.800. The first-order valence-corrected chi connectivity index (χ1v) is 5.22.